The molecule has 0 spiro atoms. The minimum atomic E-state index is -0.539. The van der Waals surface area contributed by atoms with Crippen molar-refractivity contribution in [1.82, 2.24) is 4.98 Å². The molecule has 1 heterocycles. The van der Waals surface area contributed by atoms with Crippen LogP contribution in [0.5, 0.6) is 0 Å². The molecule has 0 saturated heterocycles. The zero-order valence-electron chi connectivity index (χ0n) is 13.3. The largest absolute Gasteiger partial charge is 0.465 e. The first-order chi connectivity index (χ1) is 12.1. The van der Waals surface area contributed by atoms with Crippen LogP contribution >= 0.6 is 11.6 Å². The molecule has 5 nitrogen and oxygen atoms in total. The summed E-state index contributed by atoms with van der Waals surface area (Å²) in [5, 5.41) is 3.45. The smallest absolute Gasteiger partial charge is 0.337 e. The molecule has 0 aliphatic rings. The maximum absolute atomic E-state index is 13.9. The van der Waals surface area contributed by atoms with Crippen molar-refractivity contribution in [2.24, 2.45) is 0 Å². The van der Waals surface area contributed by atoms with E-state index >= 15 is 0 Å². The van der Waals surface area contributed by atoms with Crippen LogP contribution in [0.25, 0.3) is 11.3 Å². The summed E-state index contributed by atoms with van der Waals surface area (Å²) in [4.78, 5) is 15.7. The maximum atomic E-state index is 13.9. The van der Waals surface area contributed by atoms with Crippen LogP contribution in [0.1, 0.15) is 16.2 Å². The number of aromatic nitrogens is 1. The fraction of sp³-hybridized carbons (Fsp3) is 0.111. The van der Waals surface area contributed by atoms with E-state index in [0.717, 1.165) is 5.56 Å². The number of hydrogen-bond acceptors (Lipinski definition) is 5. The van der Waals surface area contributed by atoms with E-state index in [2.05, 4.69) is 15.0 Å². The minimum absolute atomic E-state index is 0.155. The number of nitrogens with zero attached hydrogens (tertiary/aromatic N) is 1. The molecule has 0 amide bonds. The van der Waals surface area contributed by atoms with Gasteiger partial charge >= 0.3 is 5.97 Å². The van der Waals surface area contributed by atoms with Crippen molar-refractivity contribution in [1.29, 1.82) is 0 Å². The van der Waals surface area contributed by atoms with Crippen LogP contribution in [-0.2, 0) is 11.3 Å². The predicted octanol–water partition coefficient (Wildman–Crippen LogP) is 4.53. The molecule has 0 radical (unpaired) electrons. The summed E-state index contributed by atoms with van der Waals surface area (Å²) in [5.74, 6) is -0.0994. The molecule has 128 valence electrons. The van der Waals surface area contributed by atoms with Gasteiger partial charge in [-0.2, -0.15) is 0 Å². The molecule has 3 aromatic rings. The molecular formula is C18H14ClFN2O3. The second-order valence-corrected chi connectivity index (χ2v) is 5.60. The molecule has 7 heteroatoms. The van der Waals surface area contributed by atoms with E-state index in [-0.39, 0.29) is 17.8 Å². The summed E-state index contributed by atoms with van der Waals surface area (Å²) in [6, 6.07) is 11.1. The molecule has 0 unspecified atom stereocenters. The van der Waals surface area contributed by atoms with Gasteiger partial charge in [0.05, 0.1) is 31.1 Å². The monoisotopic (exact) mass is 360 g/mol. The number of methoxy groups -OCH3 is 1. The van der Waals surface area contributed by atoms with Crippen LogP contribution in [0.3, 0.4) is 0 Å². The summed E-state index contributed by atoms with van der Waals surface area (Å²) in [6.07, 6.45) is 1.57. The van der Waals surface area contributed by atoms with Crippen molar-refractivity contribution in [3.8, 4) is 11.3 Å². The van der Waals surface area contributed by atoms with Crippen LogP contribution in [0.4, 0.5) is 10.1 Å². The number of anilines is 1. The quantitative estimate of drug-likeness (QED) is 0.677. The first-order valence-electron chi connectivity index (χ1n) is 7.39. The molecule has 0 saturated carbocycles. The number of nitrogens with one attached hydrogen (secondary N) is 1. The molecule has 1 N–H and O–H groups in total. The Labute approximate surface area is 148 Å². The van der Waals surface area contributed by atoms with Gasteiger partial charge < -0.3 is 14.5 Å². The van der Waals surface area contributed by atoms with E-state index in [4.69, 9.17) is 16.0 Å². The Bertz CT molecular complexity index is 911. The Morgan fingerprint density at radius 3 is 2.92 bits per heavy atom. The van der Waals surface area contributed by atoms with Gasteiger partial charge in [0.15, 0.2) is 5.76 Å². The molecule has 0 aliphatic carbocycles. The summed E-state index contributed by atoms with van der Waals surface area (Å²) in [7, 11) is 1.27. The van der Waals surface area contributed by atoms with E-state index in [1.165, 1.54) is 25.3 Å². The zero-order valence-corrected chi connectivity index (χ0v) is 14.0. The zero-order chi connectivity index (χ0) is 17.8. The van der Waals surface area contributed by atoms with Gasteiger partial charge in [0, 0.05) is 10.6 Å². The summed E-state index contributed by atoms with van der Waals surface area (Å²) in [5.41, 5.74) is 1.20. The Morgan fingerprint density at radius 2 is 2.16 bits per heavy atom. The van der Waals surface area contributed by atoms with Gasteiger partial charge in [0.2, 0.25) is 5.89 Å². The van der Waals surface area contributed by atoms with Gasteiger partial charge in [-0.05, 0) is 30.3 Å². The van der Waals surface area contributed by atoms with E-state index in [1.54, 1.807) is 18.3 Å². The van der Waals surface area contributed by atoms with E-state index in [0.29, 0.717) is 16.7 Å². The number of carbonyl (C=O) groups is 1. The Morgan fingerprint density at radius 1 is 1.32 bits per heavy atom. The Kier molecular flexibility index (Phi) is 5.00. The average molecular weight is 361 g/mol. The highest BCUT2D eigenvalue weighted by atomic mass is 35.5. The molecule has 2 aromatic carbocycles. The van der Waals surface area contributed by atoms with Crippen LogP contribution in [0.15, 0.2) is 53.1 Å². The van der Waals surface area contributed by atoms with Crippen LogP contribution < -0.4 is 5.32 Å². The molecule has 0 fully saturated rings. The van der Waals surface area contributed by atoms with Crippen molar-refractivity contribution < 1.29 is 18.3 Å². The summed E-state index contributed by atoms with van der Waals surface area (Å²) in [6.45, 7) is 0.155. The molecule has 25 heavy (non-hydrogen) atoms. The number of esters is 1. The van der Waals surface area contributed by atoms with Gasteiger partial charge in [-0.1, -0.05) is 23.7 Å². The minimum Gasteiger partial charge on any atom is -0.465 e. The second-order valence-electron chi connectivity index (χ2n) is 5.17. The van der Waals surface area contributed by atoms with Crippen molar-refractivity contribution in [2.75, 3.05) is 12.4 Å². The molecular weight excluding hydrogens is 347 g/mol. The fourth-order valence-electron chi connectivity index (χ4n) is 2.24. The van der Waals surface area contributed by atoms with E-state index in [9.17, 15) is 9.18 Å². The predicted molar refractivity (Wildman–Crippen MR) is 92.0 cm³/mol. The lowest BCUT2D eigenvalue weighted by molar-refractivity contribution is 0.0600. The normalized spacial score (nSPS) is 10.5. The van der Waals surface area contributed by atoms with E-state index in [1.807, 2.05) is 12.1 Å². The van der Waals surface area contributed by atoms with Gasteiger partial charge in [-0.15, -0.1) is 0 Å². The average Bonchev–Trinajstić information content (AvgIpc) is 3.09. The lowest BCUT2D eigenvalue weighted by atomic mass is 10.2. The van der Waals surface area contributed by atoms with Gasteiger partial charge in [-0.3, -0.25) is 0 Å². The standard InChI is InChI=1S/C18H14ClFN2O3/c1-24-18(23)12-5-6-14(20)15(8-12)21-10-17-22-9-16(25-17)11-3-2-4-13(19)7-11/h2-9,21H,10H2,1H3. The highest BCUT2D eigenvalue weighted by molar-refractivity contribution is 6.30. The molecule has 1 aromatic heterocycles. The SMILES string of the molecule is COC(=O)c1ccc(F)c(NCc2ncc(-c3cccc(Cl)c3)o2)c1. The summed E-state index contributed by atoms with van der Waals surface area (Å²) >= 11 is 5.96. The topological polar surface area (TPSA) is 64.4 Å². The van der Waals surface area contributed by atoms with Crippen LogP contribution in [0, 0.1) is 5.82 Å². The lowest BCUT2D eigenvalue weighted by Crippen LogP contribution is -2.06. The van der Waals surface area contributed by atoms with Crippen molar-refractivity contribution in [3.05, 3.63) is 71.0 Å². The van der Waals surface area contributed by atoms with Crippen molar-refractivity contribution >= 4 is 23.3 Å². The molecule has 0 aliphatic heterocycles. The Hall–Kier alpha value is -2.86. The van der Waals surface area contributed by atoms with Crippen molar-refractivity contribution in [2.45, 2.75) is 6.54 Å². The summed E-state index contributed by atoms with van der Waals surface area (Å²) < 4.78 is 24.1. The van der Waals surface area contributed by atoms with Crippen LogP contribution in [0.2, 0.25) is 5.02 Å². The third kappa shape index (κ3) is 3.97. The number of oxazole rings is 1. The van der Waals surface area contributed by atoms with Crippen molar-refractivity contribution in [3.63, 3.8) is 0 Å². The highest BCUT2D eigenvalue weighted by Gasteiger charge is 2.11. The van der Waals surface area contributed by atoms with Gasteiger partial charge in [-0.25, -0.2) is 14.2 Å². The van der Waals surface area contributed by atoms with Gasteiger partial charge in [0.25, 0.3) is 0 Å². The molecule has 0 atom stereocenters. The number of halogens is 2. The first-order valence-corrected chi connectivity index (χ1v) is 7.77. The highest BCUT2D eigenvalue weighted by Crippen LogP contribution is 2.24. The molecule has 3 rings (SSSR count). The number of hydrogen-bond donors (Lipinski definition) is 1. The van der Waals surface area contributed by atoms with E-state index < -0.39 is 11.8 Å². The molecule has 0 bridgehead atoms. The number of ether oxygens (including phenoxy) is 1. The Balaban J connectivity index is 1.73. The second kappa shape index (κ2) is 7.36. The van der Waals surface area contributed by atoms with Gasteiger partial charge in [0.1, 0.15) is 5.82 Å². The maximum Gasteiger partial charge on any atom is 0.337 e. The third-order valence-corrected chi connectivity index (χ3v) is 3.72. The number of benzene rings is 2. The lowest BCUT2D eigenvalue weighted by Gasteiger charge is -2.07. The first kappa shape index (κ1) is 17.0. The fourth-order valence-corrected chi connectivity index (χ4v) is 2.43. The third-order valence-electron chi connectivity index (χ3n) is 3.48. The number of carbonyl (C=O) groups excluding carboxylic acids is 1. The van der Waals surface area contributed by atoms with Crippen LogP contribution in [-0.4, -0.2) is 18.1 Å². The number of rotatable bonds is 5.